The number of amides is 1. The summed E-state index contributed by atoms with van der Waals surface area (Å²) in [6, 6.07) is 13.3. The molecule has 1 amide bonds. The summed E-state index contributed by atoms with van der Waals surface area (Å²) in [5, 5.41) is 0.602. The lowest BCUT2D eigenvalue weighted by atomic mass is 10.2. The Hall–Kier alpha value is -1.91. The number of hydrogen-bond donors (Lipinski definition) is 1. The number of aryl methyl sites for hydroxylation is 1. The maximum atomic E-state index is 12.7. The molecule has 2 aromatic carbocycles. The molecule has 11 heteroatoms. The van der Waals surface area contributed by atoms with Gasteiger partial charge in [-0.3, -0.25) is 4.79 Å². The lowest BCUT2D eigenvalue weighted by molar-refractivity contribution is 0.0981. The van der Waals surface area contributed by atoms with E-state index in [0.717, 1.165) is 27.2 Å². The van der Waals surface area contributed by atoms with E-state index in [1.165, 1.54) is 18.2 Å². The summed E-state index contributed by atoms with van der Waals surface area (Å²) >= 11 is 16.4. The normalized spacial score (nSPS) is 11.7. The number of fused-ring (bicyclic) bond motifs is 1. The lowest BCUT2D eigenvalue weighted by Gasteiger charge is -2.10. The smallest absolute Gasteiger partial charge is 0.273 e. The average molecular weight is 559 g/mol. The van der Waals surface area contributed by atoms with Gasteiger partial charge >= 0.3 is 0 Å². The minimum Gasteiger partial charge on any atom is -0.324 e. The zero-order chi connectivity index (χ0) is 22.3. The van der Waals surface area contributed by atoms with Crippen molar-refractivity contribution in [1.29, 1.82) is 0 Å². The molecular formula is C20H14BrCl2N3O3S2. The number of hydrogen-bond acceptors (Lipinski definition) is 5. The number of benzene rings is 2. The summed E-state index contributed by atoms with van der Waals surface area (Å²) in [5.41, 5.74) is 2.47. The van der Waals surface area contributed by atoms with Gasteiger partial charge < -0.3 is 4.57 Å². The fourth-order valence-electron chi connectivity index (χ4n) is 3.08. The number of carbonyl (C=O) groups excluding carboxylic acids is 1. The first kappa shape index (κ1) is 22.3. The highest BCUT2D eigenvalue weighted by atomic mass is 79.9. The minimum absolute atomic E-state index is 0.0299. The Bertz CT molecular complexity index is 1430. The number of sulfonamides is 1. The van der Waals surface area contributed by atoms with Crippen molar-refractivity contribution in [3.05, 3.63) is 79.3 Å². The average Bonchev–Trinajstić information content (AvgIpc) is 3.27. The van der Waals surface area contributed by atoms with Crippen LogP contribution in [0.4, 0.5) is 0 Å². The van der Waals surface area contributed by atoms with Gasteiger partial charge in [0.1, 0.15) is 10.0 Å². The van der Waals surface area contributed by atoms with Crippen molar-refractivity contribution in [2.75, 3.05) is 0 Å². The van der Waals surface area contributed by atoms with E-state index in [1.807, 2.05) is 29.7 Å². The van der Waals surface area contributed by atoms with Crippen molar-refractivity contribution in [1.82, 2.24) is 14.3 Å². The van der Waals surface area contributed by atoms with Crippen LogP contribution in [0, 0.1) is 6.92 Å². The van der Waals surface area contributed by atoms with Crippen LogP contribution in [0.2, 0.25) is 9.36 Å². The molecule has 0 saturated heterocycles. The van der Waals surface area contributed by atoms with Crippen molar-refractivity contribution in [2.24, 2.45) is 0 Å². The summed E-state index contributed by atoms with van der Waals surface area (Å²) in [6.07, 6.45) is 0. The predicted molar refractivity (Wildman–Crippen MR) is 127 cm³/mol. The zero-order valence-corrected chi connectivity index (χ0v) is 20.6. The number of imidazole rings is 1. The quantitative estimate of drug-likeness (QED) is 0.343. The molecule has 0 aliphatic rings. The van der Waals surface area contributed by atoms with Crippen LogP contribution in [0.1, 0.15) is 21.7 Å². The number of halogens is 3. The summed E-state index contributed by atoms with van der Waals surface area (Å²) in [4.78, 5) is 17.2. The molecule has 0 aliphatic heterocycles. The third kappa shape index (κ3) is 4.65. The molecule has 4 rings (SSSR count). The fraction of sp³-hybridized carbons (Fsp3) is 0.100. The molecule has 0 spiro atoms. The molecule has 0 fully saturated rings. The molecule has 0 aliphatic carbocycles. The molecule has 31 heavy (non-hydrogen) atoms. The highest BCUT2D eigenvalue weighted by Crippen LogP contribution is 2.27. The Morgan fingerprint density at radius 1 is 1.16 bits per heavy atom. The topological polar surface area (TPSA) is 81.1 Å². The monoisotopic (exact) mass is 557 g/mol. The van der Waals surface area contributed by atoms with Crippen LogP contribution >= 0.6 is 50.5 Å². The van der Waals surface area contributed by atoms with Crippen LogP contribution in [0.15, 0.2) is 57.2 Å². The highest BCUT2D eigenvalue weighted by Gasteiger charge is 2.21. The van der Waals surface area contributed by atoms with Crippen molar-refractivity contribution in [2.45, 2.75) is 17.7 Å². The Morgan fingerprint density at radius 3 is 2.61 bits per heavy atom. The zero-order valence-electron chi connectivity index (χ0n) is 15.9. The van der Waals surface area contributed by atoms with Gasteiger partial charge in [0.2, 0.25) is 0 Å². The van der Waals surface area contributed by atoms with Gasteiger partial charge in [-0.2, -0.15) is 0 Å². The molecule has 1 N–H and O–H groups in total. The second kappa shape index (κ2) is 8.55. The number of thiophene rings is 1. The van der Waals surface area contributed by atoms with Crippen LogP contribution < -0.4 is 4.72 Å². The Kier molecular flexibility index (Phi) is 6.15. The van der Waals surface area contributed by atoms with Crippen LogP contribution in [-0.2, 0) is 16.6 Å². The first-order valence-corrected chi connectivity index (χ1v) is 12.7. The van der Waals surface area contributed by atoms with Crippen molar-refractivity contribution >= 4 is 77.4 Å². The number of nitrogens with zero attached hydrogens (tertiary/aromatic N) is 2. The van der Waals surface area contributed by atoms with E-state index in [4.69, 9.17) is 23.2 Å². The van der Waals surface area contributed by atoms with E-state index in [0.29, 0.717) is 26.9 Å². The van der Waals surface area contributed by atoms with E-state index in [9.17, 15) is 13.2 Å². The first-order chi connectivity index (χ1) is 14.6. The lowest BCUT2D eigenvalue weighted by Crippen LogP contribution is -2.30. The van der Waals surface area contributed by atoms with E-state index < -0.39 is 15.9 Å². The van der Waals surface area contributed by atoms with Crippen molar-refractivity contribution in [3.8, 4) is 0 Å². The summed E-state index contributed by atoms with van der Waals surface area (Å²) in [5.74, 6) is 0.00546. The largest absolute Gasteiger partial charge is 0.324 e. The fourth-order valence-corrected chi connectivity index (χ4v) is 6.27. The Labute approximate surface area is 201 Å². The van der Waals surface area contributed by atoms with E-state index in [1.54, 1.807) is 12.1 Å². The van der Waals surface area contributed by atoms with Gasteiger partial charge in [-0.25, -0.2) is 18.1 Å². The molecule has 2 aromatic heterocycles. The van der Waals surface area contributed by atoms with Crippen molar-refractivity contribution < 1.29 is 13.2 Å². The van der Waals surface area contributed by atoms with Gasteiger partial charge in [0.15, 0.2) is 0 Å². The van der Waals surface area contributed by atoms with E-state index >= 15 is 0 Å². The van der Waals surface area contributed by atoms with Crippen LogP contribution in [0.3, 0.4) is 0 Å². The van der Waals surface area contributed by atoms with Crippen LogP contribution in [0.25, 0.3) is 11.0 Å². The number of nitrogens with one attached hydrogen (secondary N) is 1. The summed E-state index contributed by atoms with van der Waals surface area (Å²) in [6.45, 7) is 2.31. The van der Waals surface area contributed by atoms with E-state index in [-0.39, 0.29) is 9.77 Å². The van der Waals surface area contributed by atoms with Gasteiger partial charge in [-0.15, -0.1) is 11.3 Å². The summed E-state index contributed by atoms with van der Waals surface area (Å²) < 4.78 is 30.1. The molecular weight excluding hydrogens is 545 g/mol. The van der Waals surface area contributed by atoms with Gasteiger partial charge in [0, 0.05) is 15.1 Å². The minimum atomic E-state index is -4.01. The maximum Gasteiger partial charge on any atom is 0.273 e. The van der Waals surface area contributed by atoms with Crippen molar-refractivity contribution in [3.63, 3.8) is 0 Å². The molecule has 0 saturated carbocycles. The molecule has 6 nitrogen and oxygen atoms in total. The number of carbonyl (C=O) groups is 1. The van der Waals surface area contributed by atoms with Gasteiger partial charge in [0.25, 0.3) is 15.9 Å². The standard InChI is InChI=1S/C20H14BrCl2N3O3S2/c1-11-24-16-5-3-12(20(27)25-31(28,29)19-7-6-18(23)30-19)8-17(16)26(11)10-13-2-4-14(21)9-15(13)22/h2-9H,10H2,1H3,(H,25,27). The molecule has 4 aromatic rings. The number of rotatable bonds is 5. The molecule has 0 bridgehead atoms. The van der Waals surface area contributed by atoms with Crippen LogP contribution in [0.5, 0.6) is 0 Å². The summed E-state index contributed by atoms with van der Waals surface area (Å²) in [7, 11) is -4.01. The SMILES string of the molecule is Cc1nc2ccc(C(=O)NS(=O)(=O)c3ccc(Cl)s3)cc2n1Cc1ccc(Br)cc1Cl. The highest BCUT2D eigenvalue weighted by molar-refractivity contribution is 9.10. The molecule has 0 radical (unpaired) electrons. The maximum absolute atomic E-state index is 12.7. The second-order valence-corrected chi connectivity index (χ2v) is 11.6. The van der Waals surface area contributed by atoms with E-state index in [2.05, 4.69) is 25.6 Å². The predicted octanol–water partition coefficient (Wildman–Crippen LogP) is 5.64. The van der Waals surface area contributed by atoms with Gasteiger partial charge in [-0.1, -0.05) is 45.2 Å². The third-order valence-corrected chi connectivity index (χ3v) is 8.48. The molecule has 0 atom stereocenters. The van der Waals surface area contributed by atoms with Crippen LogP contribution in [-0.4, -0.2) is 23.9 Å². The second-order valence-electron chi connectivity index (χ2n) is 6.68. The van der Waals surface area contributed by atoms with Gasteiger partial charge in [0.05, 0.1) is 21.9 Å². The van der Waals surface area contributed by atoms with Gasteiger partial charge in [-0.05, 0) is 55.0 Å². The third-order valence-electron chi connectivity index (χ3n) is 4.59. The Morgan fingerprint density at radius 2 is 1.94 bits per heavy atom. The first-order valence-electron chi connectivity index (χ1n) is 8.87. The number of aromatic nitrogens is 2. The molecule has 2 heterocycles. The Balaban J connectivity index is 1.67. The molecule has 0 unspecified atom stereocenters. The molecule has 160 valence electrons.